The van der Waals surface area contributed by atoms with E-state index < -0.39 is 23.7 Å². The van der Waals surface area contributed by atoms with Crippen LogP contribution in [0.2, 0.25) is 0 Å². The van der Waals surface area contributed by atoms with Gasteiger partial charge in [-0.15, -0.1) is 0 Å². The van der Waals surface area contributed by atoms with Crippen LogP contribution in [0, 0.1) is 12.7 Å². The summed E-state index contributed by atoms with van der Waals surface area (Å²) in [4.78, 5) is 28.9. The molecule has 4 aromatic rings. The number of hydrogen-bond donors (Lipinski definition) is 2. The number of anilines is 1. The van der Waals surface area contributed by atoms with E-state index in [0.717, 1.165) is 11.3 Å². The zero-order valence-corrected chi connectivity index (χ0v) is 20.6. The fraction of sp³-hybridized carbons (Fsp3) is 0.207. The van der Waals surface area contributed by atoms with Gasteiger partial charge in [-0.3, -0.25) is 14.5 Å². The molecule has 0 bridgehead atoms. The van der Waals surface area contributed by atoms with Crippen molar-refractivity contribution in [1.82, 2.24) is 15.1 Å². The molecule has 0 aliphatic carbocycles. The second-order valence-corrected chi connectivity index (χ2v) is 9.02. The smallest absolute Gasteiger partial charge is 0.251 e. The first-order valence-corrected chi connectivity index (χ1v) is 12.1. The normalized spacial score (nSPS) is 17.0. The lowest BCUT2D eigenvalue weighted by molar-refractivity contribution is -0.121. The maximum atomic E-state index is 14.0. The Kier molecular flexibility index (Phi) is 6.58. The first-order chi connectivity index (χ1) is 17.9. The van der Waals surface area contributed by atoms with E-state index in [-0.39, 0.29) is 12.5 Å². The van der Waals surface area contributed by atoms with Crippen molar-refractivity contribution in [2.45, 2.75) is 32.4 Å². The first kappa shape index (κ1) is 24.4. The summed E-state index contributed by atoms with van der Waals surface area (Å²) in [5.41, 5.74) is 3.71. The third-order valence-electron chi connectivity index (χ3n) is 6.67. The second kappa shape index (κ2) is 9.99. The van der Waals surface area contributed by atoms with Crippen LogP contribution in [0.15, 0.2) is 78.9 Å². The monoisotopic (exact) mass is 498 g/mol. The van der Waals surface area contributed by atoms with E-state index in [2.05, 4.69) is 10.4 Å². The van der Waals surface area contributed by atoms with E-state index in [1.807, 2.05) is 50.2 Å². The summed E-state index contributed by atoms with van der Waals surface area (Å²) in [6.07, 6.45) is 0. The number of nitrogens with zero attached hydrogens (tertiary/aromatic N) is 3. The van der Waals surface area contributed by atoms with Crippen molar-refractivity contribution in [3.63, 3.8) is 0 Å². The maximum Gasteiger partial charge on any atom is 0.251 e. The number of likely N-dealkylation sites (N-methyl/N-ethyl adjacent to an activating group) is 1. The number of amides is 2. The van der Waals surface area contributed by atoms with Crippen molar-refractivity contribution in [3.05, 3.63) is 113 Å². The molecular formula is C29H27FN4O3. The zero-order valence-electron chi connectivity index (χ0n) is 20.6. The van der Waals surface area contributed by atoms with Crippen LogP contribution in [0.25, 0.3) is 5.69 Å². The number of rotatable bonds is 6. The van der Waals surface area contributed by atoms with Crippen LogP contribution in [0.4, 0.5) is 10.2 Å². The number of aromatic nitrogens is 2. The number of aliphatic hydroxyl groups is 1. The van der Waals surface area contributed by atoms with Gasteiger partial charge in [0.2, 0.25) is 0 Å². The fourth-order valence-electron chi connectivity index (χ4n) is 4.98. The molecule has 2 atom stereocenters. The predicted octanol–water partition coefficient (Wildman–Crippen LogP) is 4.11. The molecule has 0 radical (unpaired) electrons. The summed E-state index contributed by atoms with van der Waals surface area (Å²) >= 11 is 0. The summed E-state index contributed by atoms with van der Waals surface area (Å²) in [5.74, 6) is -1.29. The lowest BCUT2D eigenvalue weighted by atomic mass is 9.81. The Bertz CT molecular complexity index is 1450. The first-order valence-electron chi connectivity index (χ1n) is 12.1. The van der Waals surface area contributed by atoms with Crippen molar-refractivity contribution < 1.29 is 19.1 Å². The van der Waals surface area contributed by atoms with Crippen LogP contribution in [0.1, 0.15) is 45.6 Å². The fourth-order valence-corrected chi connectivity index (χ4v) is 4.98. The number of fused-ring (bicyclic) bond motifs is 1. The quantitative estimate of drug-likeness (QED) is 0.419. The summed E-state index contributed by atoms with van der Waals surface area (Å²) in [7, 11) is 0. The number of carbonyl (C=O) groups is 2. The molecule has 1 aliphatic rings. The molecule has 188 valence electrons. The Balaban J connectivity index is 1.71. The van der Waals surface area contributed by atoms with Crippen molar-refractivity contribution in [1.29, 1.82) is 0 Å². The Morgan fingerprint density at radius 2 is 1.78 bits per heavy atom. The van der Waals surface area contributed by atoms with E-state index >= 15 is 0 Å². The lowest BCUT2D eigenvalue weighted by Crippen LogP contribution is -2.55. The standard InChI is InChI=1S/C29H27FN4O3/c1-3-33-28-25(23(17-35)32-34(28)22-10-5-4-6-11-22)24(19-12-14-21(30)15-13-19)26(29(33)37)31-27(36)20-9-7-8-18(2)16-20/h4-16,24,26,35H,3,17H2,1-2H3,(H,31,36). The molecular weight excluding hydrogens is 471 g/mol. The van der Waals surface area contributed by atoms with Crippen molar-refractivity contribution >= 4 is 17.6 Å². The molecule has 0 spiro atoms. The van der Waals surface area contributed by atoms with E-state index in [0.29, 0.717) is 34.7 Å². The Hall–Kier alpha value is -4.30. The average molecular weight is 499 g/mol. The highest BCUT2D eigenvalue weighted by molar-refractivity contribution is 6.05. The van der Waals surface area contributed by atoms with Crippen LogP contribution >= 0.6 is 0 Å². The Labute approximate surface area is 214 Å². The van der Waals surface area contributed by atoms with Gasteiger partial charge in [-0.05, 0) is 55.8 Å². The highest BCUT2D eigenvalue weighted by Crippen LogP contribution is 2.43. The van der Waals surface area contributed by atoms with E-state index in [1.54, 1.807) is 39.9 Å². The van der Waals surface area contributed by atoms with Crippen LogP contribution < -0.4 is 10.2 Å². The molecule has 0 saturated carbocycles. The molecule has 7 nitrogen and oxygen atoms in total. The minimum Gasteiger partial charge on any atom is -0.390 e. The topological polar surface area (TPSA) is 87.5 Å². The maximum absolute atomic E-state index is 14.0. The van der Waals surface area contributed by atoms with Crippen molar-refractivity contribution in [3.8, 4) is 5.69 Å². The lowest BCUT2D eigenvalue weighted by Gasteiger charge is -2.38. The molecule has 0 saturated heterocycles. The molecule has 2 N–H and O–H groups in total. The molecule has 2 unspecified atom stereocenters. The molecule has 1 aliphatic heterocycles. The van der Waals surface area contributed by atoms with Crippen LogP contribution in [0.3, 0.4) is 0 Å². The minimum absolute atomic E-state index is 0.313. The van der Waals surface area contributed by atoms with Gasteiger partial charge in [0.25, 0.3) is 11.8 Å². The van der Waals surface area contributed by atoms with Gasteiger partial charge in [-0.2, -0.15) is 5.10 Å². The SMILES string of the molecule is CCN1C(=O)C(NC(=O)c2cccc(C)c2)C(c2ccc(F)cc2)c2c(CO)nn(-c3ccccc3)c21. The van der Waals surface area contributed by atoms with Gasteiger partial charge in [0.05, 0.1) is 18.0 Å². The van der Waals surface area contributed by atoms with E-state index in [1.165, 1.54) is 12.1 Å². The van der Waals surface area contributed by atoms with E-state index in [4.69, 9.17) is 0 Å². The largest absolute Gasteiger partial charge is 0.390 e. The minimum atomic E-state index is -0.996. The number of para-hydroxylation sites is 1. The third-order valence-corrected chi connectivity index (χ3v) is 6.67. The summed E-state index contributed by atoms with van der Waals surface area (Å²) < 4.78 is 15.5. The van der Waals surface area contributed by atoms with Gasteiger partial charge in [0.1, 0.15) is 17.7 Å². The number of halogens is 1. The molecule has 0 fully saturated rings. The number of benzene rings is 3. The van der Waals surface area contributed by atoms with Gasteiger partial charge in [-0.1, -0.05) is 48.0 Å². The molecule has 8 heteroatoms. The predicted molar refractivity (Wildman–Crippen MR) is 138 cm³/mol. The Morgan fingerprint density at radius 1 is 1.05 bits per heavy atom. The van der Waals surface area contributed by atoms with Crippen LogP contribution in [0.5, 0.6) is 0 Å². The van der Waals surface area contributed by atoms with Gasteiger partial charge < -0.3 is 10.4 Å². The zero-order chi connectivity index (χ0) is 26.1. The van der Waals surface area contributed by atoms with Gasteiger partial charge >= 0.3 is 0 Å². The Morgan fingerprint density at radius 3 is 2.43 bits per heavy atom. The van der Waals surface area contributed by atoms with Gasteiger partial charge in [-0.25, -0.2) is 9.07 Å². The van der Waals surface area contributed by atoms with Gasteiger partial charge in [0, 0.05) is 23.6 Å². The number of hydrogen-bond acceptors (Lipinski definition) is 4. The van der Waals surface area contributed by atoms with Crippen LogP contribution in [-0.4, -0.2) is 39.3 Å². The molecule has 2 heterocycles. The highest BCUT2D eigenvalue weighted by atomic mass is 19.1. The van der Waals surface area contributed by atoms with Gasteiger partial charge in [0.15, 0.2) is 0 Å². The summed E-state index contributed by atoms with van der Waals surface area (Å²) in [6.45, 7) is 3.69. The summed E-state index contributed by atoms with van der Waals surface area (Å²) in [6, 6.07) is 21.3. The average Bonchev–Trinajstić information content (AvgIpc) is 3.29. The summed E-state index contributed by atoms with van der Waals surface area (Å²) in [5, 5.41) is 18.0. The second-order valence-electron chi connectivity index (χ2n) is 9.02. The molecule has 3 aromatic carbocycles. The molecule has 1 aromatic heterocycles. The van der Waals surface area contributed by atoms with Crippen LogP contribution in [-0.2, 0) is 11.4 Å². The van der Waals surface area contributed by atoms with Crippen molar-refractivity contribution in [2.24, 2.45) is 0 Å². The highest BCUT2D eigenvalue weighted by Gasteiger charge is 2.46. The third kappa shape index (κ3) is 4.40. The van der Waals surface area contributed by atoms with E-state index in [9.17, 15) is 19.1 Å². The number of carbonyl (C=O) groups excluding carboxylic acids is 2. The number of aliphatic hydroxyl groups excluding tert-OH is 1. The molecule has 5 rings (SSSR count). The number of aryl methyl sites for hydroxylation is 1. The molecule has 37 heavy (non-hydrogen) atoms. The number of nitrogens with one attached hydrogen (secondary N) is 1. The molecule has 2 amide bonds. The van der Waals surface area contributed by atoms with Crippen molar-refractivity contribution in [2.75, 3.05) is 11.4 Å².